The van der Waals surface area contributed by atoms with Gasteiger partial charge in [-0.25, -0.2) is 4.79 Å². The average Bonchev–Trinajstić information content (AvgIpc) is 3.32. The molecule has 6 nitrogen and oxygen atoms in total. The lowest BCUT2D eigenvalue weighted by Gasteiger charge is -2.19. The molecule has 3 atom stereocenters. The summed E-state index contributed by atoms with van der Waals surface area (Å²) in [5, 5.41) is 4.18. The number of likely N-dealkylation sites (tertiary alicyclic amines) is 1. The number of carbonyl (C=O) groups excluding carboxylic acids is 2. The maximum Gasteiger partial charge on any atom is 0.344 e. The number of ether oxygens (including phenoxy) is 1. The molecule has 0 N–H and O–H groups in total. The Balaban J connectivity index is 1.32. The van der Waals surface area contributed by atoms with Crippen LogP contribution in [0.25, 0.3) is 0 Å². The van der Waals surface area contributed by atoms with E-state index in [4.69, 9.17) is 4.74 Å². The molecule has 2 aliphatic rings. The predicted molar refractivity (Wildman–Crippen MR) is 105 cm³/mol. The molecule has 1 aliphatic heterocycles. The number of Topliss-reactive ketones (excluding diaryl/α,β-unsaturated/α-hetero) is 1. The topological polar surface area (TPSA) is 64.4 Å². The van der Waals surface area contributed by atoms with Crippen molar-refractivity contribution in [3.63, 3.8) is 0 Å². The first kappa shape index (κ1) is 18.9. The first-order valence-corrected chi connectivity index (χ1v) is 9.94. The smallest absolute Gasteiger partial charge is 0.344 e. The Labute approximate surface area is 165 Å². The molecule has 1 aromatic heterocycles. The highest BCUT2D eigenvalue weighted by molar-refractivity contribution is 5.94. The molecule has 2 heterocycles. The summed E-state index contributed by atoms with van der Waals surface area (Å²) in [6.07, 6.45) is 3.92. The number of ketones is 1. The number of fused-ring (bicyclic) bond motifs is 1. The predicted octanol–water partition coefficient (Wildman–Crippen LogP) is 3.60. The van der Waals surface area contributed by atoms with Crippen molar-refractivity contribution in [2.75, 3.05) is 13.1 Å². The third-order valence-electron chi connectivity index (χ3n) is 5.97. The molecule has 1 aromatic carbocycles. The van der Waals surface area contributed by atoms with Crippen molar-refractivity contribution in [1.82, 2.24) is 14.7 Å². The van der Waals surface area contributed by atoms with Gasteiger partial charge in [-0.05, 0) is 49.7 Å². The van der Waals surface area contributed by atoms with Gasteiger partial charge in [-0.2, -0.15) is 9.78 Å². The van der Waals surface area contributed by atoms with Crippen molar-refractivity contribution in [3.05, 3.63) is 52.8 Å². The Morgan fingerprint density at radius 2 is 1.89 bits per heavy atom. The maximum absolute atomic E-state index is 12.8. The summed E-state index contributed by atoms with van der Waals surface area (Å²) in [7, 11) is 0. The molecule has 1 saturated carbocycles. The van der Waals surface area contributed by atoms with Crippen LogP contribution in [0.1, 0.15) is 46.9 Å². The van der Waals surface area contributed by atoms with E-state index in [-0.39, 0.29) is 17.9 Å². The summed E-state index contributed by atoms with van der Waals surface area (Å²) in [4.78, 5) is 26.2. The highest BCUT2D eigenvalue weighted by atomic mass is 16.5. The third-order valence-corrected chi connectivity index (χ3v) is 5.97. The number of amides is 1. The first-order valence-electron chi connectivity index (χ1n) is 9.94. The second-order valence-electron chi connectivity index (χ2n) is 8.26. The van der Waals surface area contributed by atoms with E-state index in [9.17, 15) is 9.59 Å². The number of aromatic nitrogens is 2. The van der Waals surface area contributed by atoms with Crippen molar-refractivity contribution < 1.29 is 14.3 Å². The molecule has 148 valence electrons. The van der Waals surface area contributed by atoms with Crippen LogP contribution < -0.4 is 0 Å². The lowest BCUT2D eigenvalue weighted by atomic mass is 10.0. The molecule has 2 fully saturated rings. The van der Waals surface area contributed by atoms with E-state index in [1.54, 1.807) is 6.20 Å². The van der Waals surface area contributed by atoms with Gasteiger partial charge < -0.3 is 9.64 Å². The van der Waals surface area contributed by atoms with Gasteiger partial charge >= 0.3 is 6.03 Å². The third kappa shape index (κ3) is 3.74. The Bertz CT molecular complexity index is 890. The molecule has 28 heavy (non-hydrogen) atoms. The molecule has 0 radical (unpaired) electrons. The molecule has 2 aromatic rings. The van der Waals surface area contributed by atoms with E-state index in [0.29, 0.717) is 24.1 Å². The quantitative estimate of drug-likeness (QED) is 0.759. The fourth-order valence-corrected chi connectivity index (χ4v) is 4.60. The Morgan fingerprint density at radius 1 is 1.18 bits per heavy atom. The largest absolute Gasteiger partial charge is 0.374 e. The molecule has 1 saturated heterocycles. The molecule has 1 aliphatic carbocycles. The molecule has 0 spiro atoms. The number of hydrogen-bond donors (Lipinski definition) is 0. The van der Waals surface area contributed by atoms with Gasteiger partial charge in [0.05, 0.1) is 12.7 Å². The van der Waals surface area contributed by atoms with Crippen LogP contribution in [-0.2, 0) is 11.3 Å². The fourth-order valence-electron chi connectivity index (χ4n) is 4.60. The minimum atomic E-state index is -0.137. The van der Waals surface area contributed by atoms with E-state index in [1.165, 1.54) is 22.7 Å². The number of benzene rings is 1. The average molecular weight is 381 g/mol. The molecule has 1 amide bonds. The van der Waals surface area contributed by atoms with E-state index in [0.717, 1.165) is 31.5 Å². The van der Waals surface area contributed by atoms with Gasteiger partial charge in [-0.3, -0.25) is 4.79 Å². The van der Waals surface area contributed by atoms with Crippen molar-refractivity contribution in [1.29, 1.82) is 0 Å². The Kier molecular flexibility index (Phi) is 5.06. The van der Waals surface area contributed by atoms with E-state index < -0.39 is 0 Å². The van der Waals surface area contributed by atoms with Gasteiger partial charge in [-0.1, -0.05) is 29.8 Å². The second-order valence-corrected chi connectivity index (χ2v) is 8.26. The van der Waals surface area contributed by atoms with Gasteiger partial charge in [0.2, 0.25) is 0 Å². The SMILES string of the molecule is CC(=O)c1nn(C(=O)N2C[C@H]3C[C@H](OCc4cccc(C)c4)C[C@H]3C2)cc1C. The number of hydrogen-bond acceptors (Lipinski definition) is 4. The monoisotopic (exact) mass is 381 g/mol. The molecule has 6 heteroatoms. The summed E-state index contributed by atoms with van der Waals surface area (Å²) < 4.78 is 7.47. The van der Waals surface area contributed by atoms with Gasteiger partial charge in [-0.15, -0.1) is 0 Å². The summed E-state index contributed by atoms with van der Waals surface area (Å²) >= 11 is 0. The van der Waals surface area contributed by atoms with Crippen LogP contribution in [0.5, 0.6) is 0 Å². The Hall–Kier alpha value is -2.47. The molecule has 0 bridgehead atoms. The number of carbonyl (C=O) groups is 2. The van der Waals surface area contributed by atoms with E-state index in [2.05, 4.69) is 36.3 Å². The van der Waals surface area contributed by atoms with Crippen molar-refractivity contribution in [2.45, 2.75) is 46.3 Å². The lowest BCUT2D eigenvalue weighted by molar-refractivity contribution is 0.0383. The summed E-state index contributed by atoms with van der Waals surface area (Å²) in [5.41, 5.74) is 3.58. The molecular weight excluding hydrogens is 354 g/mol. The van der Waals surface area contributed by atoms with Crippen LogP contribution in [0, 0.1) is 25.7 Å². The number of nitrogens with zero attached hydrogens (tertiary/aromatic N) is 3. The molecule has 0 unspecified atom stereocenters. The molecular formula is C22H27N3O3. The lowest BCUT2D eigenvalue weighted by Crippen LogP contribution is -2.34. The van der Waals surface area contributed by atoms with Gasteiger partial charge in [0.15, 0.2) is 5.78 Å². The maximum atomic E-state index is 12.8. The zero-order valence-corrected chi connectivity index (χ0v) is 16.7. The fraction of sp³-hybridized carbons (Fsp3) is 0.500. The normalized spacial score (nSPS) is 23.8. The zero-order valence-electron chi connectivity index (χ0n) is 16.7. The molecule has 4 rings (SSSR count). The van der Waals surface area contributed by atoms with Crippen LogP contribution in [0.2, 0.25) is 0 Å². The second kappa shape index (κ2) is 7.51. The minimum absolute atomic E-state index is 0.115. The Morgan fingerprint density at radius 3 is 2.50 bits per heavy atom. The van der Waals surface area contributed by atoms with Crippen LogP contribution >= 0.6 is 0 Å². The van der Waals surface area contributed by atoms with Crippen molar-refractivity contribution >= 4 is 11.8 Å². The van der Waals surface area contributed by atoms with Crippen molar-refractivity contribution in [3.8, 4) is 0 Å². The first-order chi connectivity index (χ1) is 13.4. The number of aryl methyl sites for hydroxylation is 2. The number of rotatable bonds is 4. The zero-order chi connectivity index (χ0) is 19.8. The highest BCUT2D eigenvalue weighted by Gasteiger charge is 2.43. The summed E-state index contributed by atoms with van der Waals surface area (Å²) in [6, 6.07) is 8.29. The highest BCUT2D eigenvalue weighted by Crippen LogP contribution is 2.40. The van der Waals surface area contributed by atoms with Gasteiger partial charge in [0.1, 0.15) is 5.69 Å². The van der Waals surface area contributed by atoms with Crippen LogP contribution in [0.4, 0.5) is 4.79 Å². The standard InChI is InChI=1S/C22H27N3O3/c1-14-5-4-6-17(7-14)13-28-20-8-18-11-24(12-19(18)9-20)22(27)25-10-15(2)21(23-25)16(3)26/h4-7,10,18-20H,8-9,11-13H2,1-3H3/t18-,19+,20+. The van der Waals surface area contributed by atoms with Crippen molar-refractivity contribution in [2.24, 2.45) is 11.8 Å². The van der Waals surface area contributed by atoms with Crippen LogP contribution in [0.3, 0.4) is 0 Å². The van der Waals surface area contributed by atoms with E-state index >= 15 is 0 Å². The van der Waals surface area contributed by atoms with Crippen LogP contribution in [-0.4, -0.2) is 45.7 Å². The van der Waals surface area contributed by atoms with Gasteiger partial charge in [0.25, 0.3) is 0 Å². The van der Waals surface area contributed by atoms with E-state index in [1.807, 2.05) is 11.8 Å². The summed E-state index contributed by atoms with van der Waals surface area (Å²) in [5.74, 6) is 0.849. The van der Waals surface area contributed by atoms with Gasteiger partial charge in [0, 0.05) is 26.2 Å². The summed E-state index contributed by atoms with van der Waals surface area (Å²) in [6.45, 7) is 7.50. The minimum Gasteiger partial charge on any atom is -0.374 e. The van der Waals surface area contributed by atoms with Crippen LogP contribution in [0.15, 0.2) is 30.5 Å².